The molecule has 0 atom stereocenters. The van der Waals surface area contributed by atoms with Crippen LogP contribution in [0.4, 0.5) is 5.69 Å². The third kappa shape index (κ3) is 5.35. The van der Waals surface area contributed by atoms with Gasteiger partial charge in [0.2, 0.25) is 0 Å². The van der Waals surface area contributed by atoms with Crippen molar-refractivity contribution in [2.45, 2.75) is 20.3 Å². The molecule has 0 saturated carbocycles. The van der Waals surface area contributed by atoms with E-state index < -0.39 is 5.97 Å². The van der Waals surface area contributed by atoms with Crippen LogP contribution in [-0.2, 0) is 20.7 Å². The van der Waals surface area contributed by atoms with Gasteiger partial charge in [0.1, 0.15) is 0 Å². The van der Waals surface area contributed by atoms with Gasteiger partial charge in [-0.05, 0) is 54.8 Å². The molecule has 4 nitrogen and oxygen atoms in total. The smallest absolute Gasteiger partial charge is 0.310 e. The summed E-state index contributed by atoms with van der Waals surface area (Å²) in [6.45, 7) is 3.57. The fourth-order valence-electron chi connectivity index (χ4n) is 2.18. The molecule has 2 aromatic rings. The second-order valence-electron chi connectivity index (χ2n) is 5.44. The van der Waals surface area contributed by atoms with Crippen LogP contribution >= 0.6 is 27.5 Å². The zero-order valence-electron chi connectivity index (χ0n) is 13.4. The van der Waals surface area contributed by atoms with Crippen molar-refractivity contribution >= 4 is 45.1 Å². The molecule has 0 aliphatic rings. The molecule has 0 heterocycles. The number of amides is 1. The van der Waals surface area contributed by atoms with Crippen molar-refractivity contribution in [3.63, 3.8) is 0 Å². The summed E-state index contributed by atoms with van der Waals surface area (Å²) < 4.78 is 6.01. The normalized spacial score (nSPS) is 10.3. The van der Waals surface area contributed by atoms with E-state index in [1.165, 1.54) is 0 Å². The van der Waals surface area contributed by atoms with E-state index in [9.17, 15) is 9.59 Å². The van der Waals surface area contributed by atoms with Gasteiger partial charge in [-0.15, -0.1) is 0 Å². The van der Waals surface area contributed by atoms with Crippen molar-refractivity contribution in [3.05, 3.63) is 62.6 Å². The molecule has 0 fully saturated rings. The topological polar surface area (TPSA) is 55.4 Å². The minimum atomic E-state index is -0.462. The van der Waals surface area contributed by atoms with E-state index in [0.29, 0.717) is 10.7 Å². The number of ether oxygens (including phenoxy) is 1. The van der Waals surface area contributed by atoms with Gasteiger partial charge >= 0.3 is 5.97 Å². The molecule has 1 N–H and O–H groups in total. The minimum absolute atomic E-state index is 0.0982. The number of rotatable bonds is 5. The van der Waals surface area contributed by atoms with E-state index >= 15 is 0 Å². The van der Waals surface area contributed by atoms with Gasteiger partial charge in [-0.3, -0.25) is 9.59 Å². The SMILES string of the molecule is Cc1cc(NC(=O)COC(=O)Cc2ccc(Cl)cc2)cc(C)c1Br. The van der Waals surface area contributed by atoms with Crippen LogP contribution in [0.2, 0.25) is 5.02 Å². The standard InChI is InChI=1S/C18H17BrClNO3/c1-11-7-15(8-12(2)18(11)19)21-16(22)10-24-17(23)9-13-3-5-14(20)6-4-13/h3-8H,9-10H2,1-2H3,(H,21,22). The first-order chi connectivity index (χ1) is 11.3. The molecule has 0 radical (unpaired) electrons. The Bertz CT molecular complexity index is 736. The summed E-state index contributed by atoms with van der Waals surface area (Å²) in [5, 5.41) is 3.33. The Morgan fingerprint density at radius 2 is 1.71 bits per heavy atom. The van der Waals surface area contributed by atoms with Gasteiger partial charge in [0.25, 0.3) is 5.91 Å². The van der Waals surface area contributed by atoms with Crippen molar-refractivity contribution < 1.29 is 14.3 Å². The van der Waals surface area contributed by atoms with E-state index in [1.54, 1.807) is 24.3 Å². The van der Waals surface area contributed by atoms with Gasteiger partial charge in [-0.25, -0.2) is 0 Å². The van der Waals surface area contributed by atoms with Gasteiger partial charge in [0.05, 0.1) is 6.42 Å². The first-order valence-electron chi connectivity index (χ1n) is 7.32. The highest BCUT2D eigenvalue weighted by atomic mass is 79.9. The second kappa shape index (κ2) is 8.31. The van der Waals surface area contributed by atoms with Gasteiger partial charge in [0, 0.05) is 15.2 Å². The van der Waals surface area contributed by atoms with Crippen LogP contribution in [0, 0.1) is 13.8 Å². The highest BCUT2D eigenvalue weighted by Crippen LogP contribution is 2.24. The second-order valence-corrected chi connectivity index (χ2v) is 6.67. The Hall–Kier alpha value is -1.85. The molecule has 0 spiro atoms. The molecule has 0 unspecified atom stereocenters. The number of hydrogen-bond donors (Lipinski definition) is 1. The first kappa shape index (κ1) is 18.5. The lowest BCUT2D eigenvalue weighted by Gasteiger charge is -2.10. The fraction of sp³-hybridized carbons (Fsp3) is 0.222. The highest BCUT2D eigenvalue weighted by Gasteiger charge is 2.10. The molecule has 0 aliphatic heterocycles. The largest absolute Gasteiger partial charge is 0.455 e. The van der Waals surface area contributed by atoms with Crippen molar-refractivity contribution in [2.75, 3.05) is 11.9 Å². The summed E-state index contributed by atoms with van der Waals surface area (Å²) >= 11 is 9.26. The van der Waals surface area contributed by atoms with Crippen LogP contribution < -0.4 is 5.32 Å². The molecule has 2 aromatic carbocycles. The van der Waals surface area contributed by atoms with E-state index in [2.05, 4.69) is 21.2 Å². The molecule has 0 aromatic heterocycles. The molecule has 6 heteroatoms. The number of esters is 1. The Kier molecular flexibility index (Phi) is 6.40. The van der Waals surface area contributed by atoms with E-state index in [1.807, 2.05) is 26.0 Å². The lowest BCUT2D eigenvalue weighted by Crippen LogP contribution is -2.21. The Morgan fingerprint density at radius 3 is 2.29 bits per heavy atom. The zero-order valence-corrected chi connectivity index (χ0v) is 15.7. The van der Waals surface area contributed by atoms with Gasteiger partial charge in [0.15, 0.2) is 6.61 Å². The van der Waals surface area contributed by atoms with Crippen LogP contribution in [0.1, 0.15) is 16.7 Å². The van der Waals surface area contributed by atoms with E-state index in [0.717, 1.165) is 21.2 Å². The molecule has 2 rings (SSSR count). The third-order valence-corrected chi connectivity index (χ3v) is 4.85. The number of halogens is 2. The maximum atomic E-state index is 11.9. The Morgan fingerprint density at radius 1 is 1.12 bits per heavy atom. The van der Waals surface area contributed by atoms with Crippen molar-refractivity contribution in [1.29, 1.82) is 0 Å². The number of nitrogens with one attached hydrogen (secondary N) is 1. The zero-order chi connectivity index (χ0) is 17.7. The van der Waals surface area contributed by atoms with E-state index in [-0.39, 0.29) is 18.9 Å². The number of benzene rings is 2. The molecular weight excluding hydrogens is 394 g/mol. The number of anilines is 1. The summed E-state index contributed by atoms with van der Waals surface area (Å²) in [4.78, 5) is 23.7. The third-order valence-electron chi connectivity index (χ3n) is 3.35. The number of carbonyl (C=O) groups is 2. The van der Waals surface area contributed by atoms with Gasteiger partial charge in [-0.2, -0.15) is 0 Å². The summed E-state index contributed by atoms with van der Waals surface area (Å²) in [6.07, 6.45) is 0.0982. The first-order valence-corrected chi connectivity index (χ1v) is 8.49. The summed E-state index contributed by atoms with van der Waals surface area (Å²) in [7, 11) is 0. The van der Waals surface area contributed by atoms with Crippen LogP contribution in [-0.4, -0.2) is 18.5 Å². The molecule has 0 saturated heterocycles. The molecule has 24 heavy (non-hydrogen) atoms. The summed E-state index contributed by atoms with van der Waals surface area (Å²) in [5.74, 6) is -0.837. The van der Waals surface area contributed by atoms with Crippen LogP contribution in [0.15, 0.2) is 40.9 Å². The number of hydrogen-bond acceptors (Lipinski definition) is 3. The van der Waals surface area contributed by atoms with Gasteiger partial charge < -0.3 is 10.1 Å². The molecule has 1 amide bonds. The van der Waals surface area contributed by atoms with E-state index in [4.69, 9.17) is 16.3 Å². The highest BCUT2D eigenvalue weighted by molar-refractivity contribution is 9.10. The molecule has 0 bridgehead atoms. The fourth-order valence-corrected chi connectivity index (χ4v) is 2.54. The Labute approximate surface area is 154 Å². The molecule has 0 aliphatic carbocycles. The Balaban J connectivity index is 1.84. The average molecular weight is 411 g/mol. The number of aryl methyl sites for hydroxylation is 2. The van der Waals surface area contributed by atoms with Crippen molar-refractivity contribution in [1.82, 2.24) is 0 Å². The lowest BCUT2D eigenvalue weighted by atomic mass is 10.1. The van der Waals surface area contributed by atoms with Crippen molar-refractivity contribution in [3.8, 4) is 0 Å². The van der Waals surface area contributed by atoms with Crippen LogP contribution in [0.3, 0.4) is 0 Å². The molecule has 126 valence electrons. The van der Waals surface area contributed by atoms with Crippen molar-refractivity contribution in [2.24, 2.45) is 0 Å². The lowest BCUT2D eigenvalue weighted by molar-refractivity contribution is -0.146. The quantitative estimate of drug-likeness (QED) is 0.741. The monoisotopic (exact) mass is 409 g/mol. The average Bonchev–Trinajstić information content (AvgIpc) is 2.53. The van der Waals surface area contributed by atoms with Crippen LogP contribution in [0.5, 0.6) is 0 Å². The summed E-state index contributed by atoms with van der Waals surface area (Å²) in [6, 6.07) is 10.6. The van der Waals surface area contributed by atoms with Gasteiger partial charge in [-0.1, -0.05) is 39.7 Å². The maximum Gasteiger partial charge on any atom is 0.310 e. The predicted octanol–water partition coefficient (Wildman–Crippen LogP) is 4.44. The predicted molar refractivity (Wildman–Crippen MR) is 98.4 cm³/mol. The maximum absolute atomic E-state index is 11.9. The minimum Gasteiger partial charge on any atom is -0.455 e. The number of carbonyl (C=O) groups excluding carboxylic acids is 2. The van der Waals surface area contributed by atoms with Crippen LogP contribution in [0.25, 0.3) is 0 Å². The summed E-state index contributed by atoms with van der Waals surface area (Å²) in [5.41, 5.74) is 3.49. The molecular formula is C18H17BrClNO3.